The summed E-state index contributed by atoms with van der Waals surface area (Å²) in [5.41, 5.74) is 0.264. The number of methoxy groups -OCH3 is 1. The molecule has 0 spiro atoms. The second-order valence-corrected chi connectivity index (χ2v) is 5.89. The molecule has 0 bridgehead atoms. The summed E-state index contributed by atoms with van der Waals surface area (Å²) in [6, 6.07) is 0. The van der Waals surface area contributed by atoms with Crippen molar-refractivity contribution in [2.45, 2.75) is 52.0 Å². The van der Waals surface area contributed by atoms with Gasteiger partial charge in [-0.05, 0) is 53.8 Å². The first-order chi connectivity index (χ1) is 7.95. The van der Waals surface area contributed by atoms with Crippen LogP contribution in [0.5, 0.6) is 0 Å². The zero-order valence-electron chi connectivity index (χ0n) is 12.5. The molecule has 0 aliphatic rings. The van der Waals surface area contributed by atoms with Crippen LogP contribution in [-0.2, 0) is 4.74 Å². The van der Waals surface area contributed by atoms with Crippen molar-refractivity contribution >= 4 is 0 Å². The topological polar surface area (TPSA) is 24.5 Å². The van der Waals surface area contributed by atoms with Gasteiger partial charge in [0.15, 0.2) is 0 Å². The highest BCUT2D eigenvalue weighted by Crippen LogP contribution is 2.03. The van der Waals surface area contributed by atoms with Crippen LogP contribution in [0.3, 0.4) is 0 Å². The second kappa shape index (κ2) is 9.86. The molecule has 0 heterocycles. The fourth-order valence-corrected chi connectivity index (χ4v) is 1.68. The predicted octanol–water partition coefficient (Wildman–Crippen LogP) is 2.51. The molecule has 0 radical (unpaired) electrons. The Bertz CT molecular complexity index is 166. The van der Waals surface area contributed by atoms with Gasteiger partial charge in [0.1, 0.15) is 0 Å². The normalized spacial score (nSPS) is 12.4. The first-order valence-corrected chi connectivity index (χ1v) is 6.88. The zero-order chi connectivity index (χ0) is 13.1. The molecule has 104 valence electrons. The molecule has 0 aliphatic carbocycles. The van der Waals surface area contributed by atoms with E-state index in [0.29, 0.717) is 0 Å². The van der Waals surface area contributed by atoms with Crippen LogP contribution in [0.15, 0.2) is 0 Å². The molecule has 0 aliphatic heterocycles. The van der Waals surface area contributed by atoms with Gasteiger partial charge in [0.05, 0.1) is 6.61 Å². The number of hydrogen-bond donors (Lipinski definition) is 1. The smallest absolute Gasteiger partial charge is 0.0589 e. The van der Waals surface area contributed by atoms with Crippen molar-refractivity contribution in [2.24, 2.45) is 0 Å². The first kappa shape index (κ1) is 16.9. The molecule has 3 nitrogen and oxygen atoms in total. The van der Waals surface area contributed by atoms with Crippen molar-refractivity contribution < 1.29 is 4.74 Å². The Balaban J connectivity index is 3.18. The van der Waals surface area contributed by atoms with Crippen LogP contribution in [-0.4, -0.2) is 50.8 Å². The third kappa shape index (κ3) is 13.8. The molecule has 0 rings (SSSR count). The maximum absolute atomic E-state index is 5.05. The summed E-state index contributed by atoms with van der Waals surface area (Å²) in [6.07, 6.45) is 5.26. The van der Waals surface area contributed by atoms with Gasteiger partial charge >= 0.3 is 0 Å². The van der Waals surface area contributed by atoms with E-state index in [1.807, 2.05) is 0 Å². The van der Waals surface area contributed by atoms with Crippen LogP contribution in [0.1, 0.15) is 46.5 Å². The number of rotatable bonds is 10. The molecular formula is C14H32N2O. The monoisotopic (exact) mass is 244 g/mol. The first-order valence-electron chi connectivity index (χ1n) is 6.88. The average molecular weight is 244 g/mol. The van der Waals surface area contributed by atoms with E-state index in [4.69, 9.17) is 4.74 Å². The molecule has 0 aromatic heterocycles. The molecule has 3 heteroatoms. The Kier molecular flexibility index (Phi) is 9.79. The minimum absolute atomic E-state index is 0.264. The SMILES string of the molecule is COCCN(C)CCCCCCNC(C)(C)C. The quantitative estimate of drug-likeness (QED) is 0.598. The van der Waals surface area contributed by atoms with Crippen LogP contribution >= 0.6 is 0 Å². The molecule has 0 aromatic carbocycles. The Morgan fingerprint density at radius 2 is 1.65 bits per heavy atom. The fraction of sp³-hybridized carbons (Fsp3) is 1.00. The highest BCUT2D eigenvalue weighted by atomic mass is 16.5. The number of ether oxygens (including phenoxy) is 1. The minimum atomic E-state index is 0.264. The van der Waals surface area contributed by atoms with Gasteiger partial charge in [0, 0.05) is 19.2 Å². The summed E-state index contributed by atoms with van der Waals surface area (Å²) in [5, 5.41) is 3.52. The average Bonchev–Trinajstić information content (AvgIpc) is 2.23. The zero-order valence-corrected chi connectivity index (χ0v) is 12.5. The van der Waals surface area contributed by atoms with Gasteiger partial charge < -0.3 is 15.0 Å². The lowest BCUT2D eigenvalue weighted by Gasteiger charge is -2.20. The minimum Gasteiger partial charge on any atom is -0.383 e. The third-order valence-electron chi connectivity index (χ3n) is 2.80. The van der Waals surface area contributed by atoms with Gasteiger partial charge in [-0.2, -0.15) is 0 Å². The molecule has 0 aromatic rings. The van der Waals surface area contributed by atoms with Crippen molar-refractivity contribution in [3.8, 4) is 0 Å². The Morgan fingerprint density at radius 1 is 1.00 bits per heavy atom. The summed E-state index contributed by atoms with van der Waals surface area (Å²) in [6.45, 7) is 10.9. The van der Waals surface area contributed by atoms with E-state index in [-0.39, 0.29) is 5.54 Å². The van der Waals surface area contributed by atoms with Crippen LogP contribution in [0, 0.1) is 0 Å². The molecule has 0 saturated carbocycles. The standard InChI is InChI=1S/C14H32N2O/c1-14(2,3)15-10-8-6-7-9-11-16(4)12-13-17-5/h15H,6-13H2,1-5H3. The summed E-state index contributed by atoms with van der Waals surface area (Å²) >= 11 is 0. The molecule has 0 atom stereocenters. The lowest BCUT2D eigenvalue weighted by molar-refractivity contribution is 0.160. The van der Waals surface area contributed by atoms with Crippen LogP contribution in [0.2, 0.25) is 0 Å². The van der Waals surface area contributed by atoms with Crippen LogP contribution in [0.25, 0.3) is 0 Å². The number of unbranched alkanes of at least 4 members (excludes halogenated alkanes) is 3. The van der Waals surface area contributed by atoms with Gasteiger partial charge in [-0.1, -0.05) is 12.8 Å². The summed E-state index contributed by atoms with van der Waals surface area (Å²) in [7, 11) is 3.93. The maximum atomic E-state index is 5.05. The molecule has 0 amide bonds. The molecule has 1 N–H and O–H groups in total. The lowest BCUT2D eigenvalue weighted by atomic mass is 10.1. The van der Waals surface area contributed by atoms with E-state index in [0.717, 1.165) is 19.7 Å². The lowest BCUT2D eigenvalue weighted by Crippen LogP contribution is -2.36. The van der Waals surface area contributed by atoms with Gasteiger partial charge in [-0.15, -0.1) is 0 Å². The molecule has 0 fully saturated rings. The molecule has 17 heavy (non-hydrogen) atoms. The van der Waals surface area contributed by atoms with Crippen molar-refractivity contribution in [2.75, 3.05) is 40.4 Å². The maximum Gasteiger partial charge on any atom is 0.0589 e. The van der Waals surface area contributed by atoms with Gasteiger partial charge in [-0.25, -0.2) is 0 Å². The Morgan fingerprint density at radius 3 is 2.24 bits per heavy atom. The van der Waals surface area contributed by atoms with E-state index in [1.165, 1.54) is 32.2 Å². The number of hydrogen-bond acceptors (Lipinski definition) is 3. The Labute approximate surface area is 108 Å². The Hall–Kier alpha value is -0.120. The molecular weight excluding hydrogens is 212 g/mol. The van der Waals surface area contributed by atoms with E-state index >= 15 is 0 Å². The molecule has 0 unspecified atom stereocenters. The van der Waals surface area contributed by atoms with Crippen molar-refractivity contribution in [3.63, 3.8) is 0 Å². The summed E-state index contributed by atoms with van der Waals surface area (Å²) in [5.74, 6) is 0. The van der Waals surface area contributed by atoms with E-state index < -0.39 is 0 Å². The van der Waals surface area contributed by atoms with Crippen molar-refractivity contribution in [3.05, 3.63) is 0 Å². The van der Waals surface area contributed by atoms with E-state index in [9.17, 15) is 0 Å². The highest BCUT2D eigenvalue weighted by molar-refractivity contribution is 4.69. The van der Waals surface area contributed by atoms with Crippen LogP contribution in [0.4, 0.5) is 0 Å². The largest absolute Gasteiger partial charge is 0.383 e. The number of nitrogens with one attached hydrogen (secondary N) is 1. The van der Waals surface area contributed by atoms with Gasteiger partial charge in [0.2, 0.25) is 0 Å². The van der Waals surface area contributed by atoms with Gasteiger partial charge in [-0.3, -0.25) is 0 Å². The fourth-order valence-electron chi connectivity index (χ4n) is 1.68. The van der Waals surface area contributed by atoms with Crippen molar-refractivity contribution in [1.82, 2.24) is 10.2 Å². The summed E-state index contributed by atoms with van der Waals surface area (Å²) in [4.78, 5) is 2.34. The number of nitrogens with zero attached hydrogens (tertiary/aromatic N) is 1. The highest BCUT2D eigenvalue weighted by Gasteiger charge is 2.06. The predicted molar refractivity (Wildman–Crippen MR) is 75.6 cm³/mol. The molecule has 0 saturated heterocycles. The van der Waals surface area contributed by atoms with E-state index in [1.54, 1.807) is 7.11 Å². The van der Waals surface area contributed by atoms with Gasteiger partial charge in [0.25, 0.3) is 0 Å². The number of likely N-dealkylation sites (N-methyl/N-ethyl adjacent to an activating group) is 1. The van der Waals surface area contributed by atoms with Crippen molar-refractivity contribution in [1.29, 1.82) is 0 Å². The van der Waals surface area contributed by atoms with E-state index in [2.05, 4.69) is 38.0 Å². The second-order valence-electron chi connectivity index (χ2n) is 5.89. The van der Waals surface area contributed by atoms with Crippen LogP contribution < -0.4 is 5.32 Å². The summed E-state index contributed by atoms with van der Waals surface area (Å²) < 4.78 is 5.05. The third-order valence-corrected chi connectivity index (χ3v) is 2.80.